The standard InChI is InChI=1S/C13H18F3N3O/c1-17-10-7-11(19-12(18-10)13(14,15)16)20-8-9-5-3-2-4-6-9/h7,9H,2-6,8H2,1H3,(H,17,18,19). The Bertz CT molecular complexity index is 445. The Hall–Kier alpha value is -1.53. The summed E-state index contributed by atoms with van der Waals surface area (Å²) < 4.78 is 43.4. The third kappa shape index (κ3) is 3.98. The van der Waals surface area contributed by atoms with Crippen LogP contribution in [0.3, 0.4) is 0 Å². The fourth-order valence-corrected chi connectivity index (χ4v) is 2.31. The van der Waals surface area contributed by atoms with Crippen molar-refractivity contribution in [3.05, 3.63) is 11.9 Å². The molecule has 0 amide bonds. The lowest BCUT2D eigenvalue weighted by molar-refractivity contribution is -0.145. The number of nitrogens with one attached hydrogen (secondary N) is 1. The lowest BCUT2D eigenvalue weighted by atomic mass is 9.90. The van der Waals surface area contributed by atoms with Crippen LogP contribution in [0.1, 0.15) is 37.9 Å². The van der Waals surface area contributed by atoms with Gasteiger partial charge in [-0.25, -0.2) is 4.98 Å². The molecule has 0 radical (unpaired) electrons. The molecule has 1 heterocycles. The molecule has 1 aromatic heterocycles. The number of anilines is 1. The van der Waals surface area contributed by atoms with Crippen LogP contribution in [0.15, 0.2) is 6.07 Å². The highest BCUT2D eigenvalue weighted by Crippen LogP contribution is 2.29. The first-order chi connectivity index (χ1) is 9.49. The molecule has 0 spiro atoms. The second kappa shape index (κ2) is 6.28. The Labute approximate surface area is 115 Å². The predicted molar refractivity (Wildman–Crippen MR) is 68.7 cm³/mol. The summed E-state index contributed by atoms with van der Waals surface area (Å²) in [5.41, 5.74) is 0. The van der Waals surface area contributed by atoms with Crippen molar-refractivity contribution in [3.8, 4) is 5.88 Å². The van der Waals surface area contributed by atoms with Gasteiger partial charge in [-0.2, -0.15) is 18.2 Å². The van der Waals surface area contributed by atoms with Crippen LogP contribution in [0, 0.1) is 5.92 Å². The van der Waals surface area contributed by atoms with Crippen LogP contribution in [-0.2, 0) is 6.18 Å². The summed E-state index contributed by atoms with van der Waals surface area (Å²) in [6, 6.07) is 1.39. The topological polar surface area (TPSA) is 47.0 Å². The van der Waals surface area contributed by atoms with Gasteiger partial charge < -0.3 is 10.1 Å². The molecule has 2 rings (SSSR count). The zero-order chi connectivity index (χ0) is 14.6. The van der Waals surface area contributed by atoms with E-state index in [-0.39, 0.29) is 11.7 Å². The molecule has 4 nitrogen and oxygen atoms in total. The molecule has 1 saturated carbocycles. The largest absolute Gasteiger partial charge is 0.477 e. The molecule has 0 aliphatic heterocycles. The average Bonchev–Trinajstić information content (AvgIpc) is 2.45. The molecule has 1 fully saturated rings. The molecule has 7 heteroatoms. The summed E-state index contributed by atoms with van der Waals surface area (Å²) in [4.78, 5) is 6.83. The van der Waals surface area contributed by atoms with Gasteiger partial charge >= 0.3 is 6.18 Å². The van der Waals surface area contributed by atoms with E-state index in [2.05, 4.69) is 15.3 Å². The minimum absolute atomic E-state index is 0.0257. The van der Waals surface area contributed by atoms with E-state index in [1.807, 2.05) is 0 Å². The minimum atomic E-state index is -4.57. The van der Waals surface area contributed by atoms with Crippen molar-refractivity contribution < 1.29 is 17.9 Å². The van der Waals surface area contributed by atoms with Crippen molar-refractivity contribution in [1.29, 1.82) is 0 Å². The second-order valence-electron chi connectivity index (χ2n) is 4.98. The Kier molecular flexibility index (Phi) is 4.67. The predicted octanol–water partition coefficient (Wildman–Crippen LogP) is 3.50. The molecule has 1 aliphatic carbocycles. The molecular weight excluding hydrogens is 271 g/mol. The number of rotatable bonds is 4. The first-order valence-corrected chi connectivity index (χ1v) is 6.76. The number of hydrogen-bond donors (Lipinski definition) is 1. The minimum Gasteiger partial charge on any atom is -0.477 e. The highest BCUT2D eigenvalue weighted by Gasteiger charge is 2.35. The van der Waals surface area contributed by atoms with E-state index in [4.69, 9.17) is 4.74 Å². The van der Waals surface area contributed by atoms with Crippen LogP contribution in [0.25, 0.3) is 0 Å². The van der Waals surface area contributed by atoms with Crippen LogP contribution in [-0.4, -0.2) is 23.6 Å². The summed E-state index contributed by atoms with van der Waals surface area (Å²) in [5.74, 6) is -0.692. The molecule has 112 valence electrons. The van der Waals surface area contributed by atoms with Gasteiger partial charge in [0, 0.05) is 13.1 Å². The Morgan fingerprint density at radius 1 is 1.25 bits per heavy atom. The van der Waals surface area contributed by atoms with E-state index in [0.717, 1.165) is 25.7 Å². The van der Waals surface area contributed by atoms with Gasteiger partial charge in [-0.05, 0) is 18.8 Å². The molecule has 0 saturated heterocycles. The number of ether oxygens (including phenoxy) is 1. The molecule has 1 N–H and O–H groups in total. The molecule has 0 bridgehead atoms. The molecule has 0 atom stereocenters. The lowest BCUT2D eigenvalue weighted by Gasteiger charge is -2.21. The number of nitrogens with zero attached hydrogens (tertiary/aromatic N) is 2. The summed E-state index contributed by atoms with van der Waals surface area (Å²) in [6.45, 7) is 0.414. The third-order valence-corrected chi connectivity index (χ3v) is 3.40. The van der Waals surface area contributed by atoms with Gasteiger partial charge in [-0.1, -0.05) is 19.3 Å². The quantitative estimate of drug-likeness (QED) is 0.921. The maximum absolute atomic E-state index is 12.7. The summed E-state index contributed by atoms with van der Waals surface area (Å²) >= 11 is 0. The van der Waals surface area contributed by atoms with Gasteiger partial charge in [0.2, 0.25) is 11.7 Å². The maximum atomic E-state index is 12.7. The van der Waals surface area contributed by atoms with Crippen LogP contribution in [0.2, 0.25) is 0 Å². The maximum Gasteiger partial charge on any atom is 0.451 e. The van der Waals surface area contributed by atoms with Crippen molar-refractivity contribution in [3.63, 3.8) is 0 Å². The van der Waals surface area contributed by atoms with Crippen molar-refractivity contribution in [2.45, 2.75) is 38.3 Å². The van der Waals surface area contributed by atoms with Gasteiger partial charge in [-0.3, -0.25) is 0 Å². The van der Waals surface area contributed by atoms with Crippen LogP contribution >= 0.6 is 0 Å². The third-order valence-electron chi connectivity index (χ3n) is 3.40. The van der Waals surface area contributed by atoms with Gasteiger partial charge in [0.15, 0.2) is 0 Å². The fraction of sp³-hybridized carbons (Fsp3) is 0.692. The SMILES string of the molecule is CNc1cc(OCC2CCCCC2)nc(C(F)(F)F)n1. The smallest absolute Gasteiger partial charge is 0.451 e. The Morgan fingerprint density at radius 3 is 2.55 bits per heavy atom. The average molecular weight is 289 g/mol. The zero-order valence-electron chi connectivity index (χ0n) is 11.3. The number of alkyl halides is 3. The number of halogens is 3. The first kappa shape index (κ1) is 14.9. The molecule has 1 aromatic rings. The molecule has 0 aromatic carbocycles. The van der Waals surface area contributed by atoms with Gasteiger partial charge in [0.05, 0.1) is 6.61 Å². The lowest BCUT2D eigenvalue weighted by Crippen LogP contribution is -2.17. The van der Waals surface area contributed by atoms with E-state index in [0.29, 0.717) is 12.5 Å². The summed E-state index contributed by atoms with van der Waals surface area (Å²) in [6.07, 6.45) is 1.11. The van der Waals surface area contributed by atoms with Gasteiger partial charge in [0.1, 0.15) is 5.82 Å². The molecule has 0 unspecified atom stereocenters. The van der Waals surface area contributed by atoms with Crippen molar-refractivity contribution in [1.82, 2.24) is 9.97 Å². The number of aromatic nitrogens is 2. The van der Waals surface area contributed by atoms with E-state index in [9.17, 15) is 13.2 Å². The van der Waals surface area contributed by atoms with Gasteiger partial charge in [-0.15, -0.1) is 0 Å². The number of hydrogen-bond acceptors (Lipinski definition) is 4. The highest BCUT2D eigenvalue weighted by atomic mass is 19.4. The van der Waals surface area contributed by atoms with Crippen LogP contribution < -0.4 is 10.1 Å². The summed E-state index contributed by atoms with van der Waals surface area (Å²) in [7, 11) is 1.51. The molecule has 20 heavy (non-hydrogen) atoms. The van der Waals surface area contributed by atoms with Crippen molar-refractivity contribution >= 4 is 5.82 Å². The summed E-state index contributed by atoms with van der Waals surface area (Å²) in [5, 5.41) is 2.59. The van der Waals surface area contributed by atoms with E-state index in [1.165, 1.54) is 19.5 Å². The van der Waals surface area contributed by atoms with Crippen LogP contribution in [0.5, 0.6) is 5.88 Å². The second-order valence-corrected chi connectivity index (χ2v) is 4.98. The highest BCUT2D eigenvalue weighted by molar-refractivity contribution is 5.38. The van der Waals surface area contributed by atoms with E-state index in [1.54, 1.807) is 0 Å². The zero-order valence-corrected chi connectivity index (χ0v) is 11.3. The van der Waals surface area contributed by atoms with Crippen LogP contribution in [0.4, 0.5) is 19.0 Å². The van der Waals surface area contributed by atoms with E-state index >= 15 is 0 Å². The van der Waals surface area contributed by atoms with Gasteiger partial charge in [0.25, 0.3) is 0 Å². The van der Waals surface area contributed by atoms with E-state index < -0.39 is 12.0 Å². The monoisotopic (exact) mass is 289 g/mol. The molecular formula is C13H18F3N3O. The normalized spacial score (nSPS) is 17.0. The molecule has 1 aliphatic rings. The van der Waals surface area contributed by atoms with Crippen molar-refractivity contribution in [2.24, 2.45) is 5.92 Å². The Balaban J connectivity index is 2.06. The van der Waals surface area contributed by atoms with Crippen molar-refractivity contribution in [2.75, 3.05) is 19.0 Å². The fourth-order valence-electron chi connectivity index (χ4n) is 2.31. The first-order valence-electron chi connectivity index (χ1n) is 6.76. The Morgan fingerprint density at radius 2 is 1.95 bits per heavy atom.